The number of fused-ring (bicyclic) bond motifs is 8. The molecule has 3 nitrogen and oxygen atoms in total. The molecule has 0 saturated carbocycles. The Bertz CT molecular complexity index is 2770. The van der Waals surface area contributed by atoms with Gasteiger partial charge in [-0.3, -0.25) is 0 Å². The fourth-order valence-electron chi connectivity index (χ4n) is 7.37. The minimum Gasteiger partial charge on any atom is -0.315 e. The quantitative estimate of drug-likeness (QED) is 0.184. The number of hydrogen-bond donors (Lipinski definition) is 0. The summed E-state index contributed by atoms with van der Waals surface area (Å²) in [5.74, 6) is 0. The first kappa shape index (κ1) is 27.1. The van der Waals surface area contributed by atoms with E-state index in [1.807, 2.05) is 11.3 Å². The minimum atomic E-state index is 1.11. The molecule has 0 N–H and O–H groups in total. The van der Waals surface area contributed by atoms with Crippen LogP contribution >= 0.6 is 11.3 Å². The lowest BCUT2D eigenvalue weighted by atomic mass is 10.1. The van der Waals surface area contributed by atoms with Gasteiger partial charge < -0.3 is 14.0 Å². The van der Waals surface area contributed by atoms with E-state index in [2.05, 4.69) is 190 Å². The largest absolute Gasteiger partial charge is 0.315 e. The number of rotatable bonds is 5. The Balaban J connectivity index is 1.15. The fraction of sp³-hybridized carbons (Fsp3) is 0. The zero-order valence-corrected chi connectivity index (χ0v) is 26.8. The van der Waals surface area contributed by atoms with Gasteiger partial charge in [-0.2, -0.15) is 0 Å². The van der Waals surface area contributed by atoms with Crippen molar-refractivity contribution in [3.05, 3.63) is 176 Å². The maximum atomic E-state index is 2.42. The molecule has 0 aliphatic heterocycles. The highest BCUT2D eigenvalue weighted by atomic mass is 32.1. The molecule has 0 aliphatic rings. The zero-order valence-electron chi connectivity index (χ0n) is 26.0. The van der Waals surface area contributed by atoms with Crippen molar-refractivity contribution in [2.75, 3.05) is 4.90 Å². The Labute approximate surface area is 281 Å². The first-order chi connectivity index (χ1) is 23.8. The summed E-state index contributed by atoms with van der Waals surface area (Å²) < 4.78 is 7.39. The number of benzene rings is 7. The first-order valence-electron chi connectivity index (χ1n) is 16.3. The highest BCUT2D eigenvalue weighted by molar-refractivity contribution is 7.25. The SMILES string of the molecule is c1ccc(N(c2ccc(-n3ccc4ccc5c6ccccc6n(-c6ccccc6)c5c43)cc2)c2ccc3sc4ccccc4c3c2)cc1. The van der Waals surface area contributed by atoms with Gasteiger partial charge in [0.2, 0.25) is 0 Å². The molecule has 0 saturated heterocycles. The summed E-state index contributed by atoms with van der Waals surface area (Å²) in [6.45, 7) is 0. The second kappa shape index (κ2) is 10.7. The van der Waals surface area contributed by atoms with Crippen LogP contribution in [0, 0.1) is 0 Å². The van der Waals surface area contributed by atoms with Crippen LogP contribution in [0.4, 0.5) is 17.1 Å². The van der Waals surface area contributed by atoms with E-state index in [9.17, 15) is 0 Å². The lowest BCUT2D eigenvalue weighted by Crippen LogP contribution is -2.09. The van der Waals surface area contributed by atoms with E-state index in [4.69, 9.17) is 0 Å². The molecule has 3 heterocycles. The molecule has 48 heavy (non-hydrogen) atoms. The van der Waals surface area contributed by atoms with Crippen molar-refractivity contribution in [2.45, 2.75) is 0 Å². The number of hydrogen-bond acceptors (Lipinski definition) is 2. The molecule has 0 bridgehead atoms. The van der Waals surface area contributed by atoms with Crippen molar-refractivity contribution < 1.29 is 0 Å². The third-order valence-corrected chi connectivity index (χ3v) is 10.7. The molecular formula is C44H29N3S. The molecular weight excluding hydrogens is 603 g/mol. The maximum Gasteiger partial charge on any atom is 0.0788 e. The van der Waals surface area contributed by atoms with Crippen LogP contribution in [0.15, 0.2) is 176 Å². The number of aromatic nitrogens is 2. The molecule has 3 aromatic heterocycles. The topological polar surface area (TPSA) is 13.1 Å². The predicted molar refractivity (Wildman–Crippen MR) is 205 cm³/mol. The van der Waals surface area contributed by atoms with E-state index >= 15 is 0 Å². The van der Waals surface area contributed by atoms with Gasteiger partial charge in [0.1, 0.15) is 0 Å². The second-order valence-corrected chi connectivity index (χ2v) is 13.3. The Hall–Kier alpha value is -6.10. The van der Waals surface area contributed by atoms with Gasteiger partial charge >= 0.3 is 0 Å². The van der Waals surface area contributed by atoms with Gasteiger partial charge in [0.25, 0.3) is 0 Å². The number of nitrogens with zero attached hydrogens (tertiary/aromatic N) is 3. The lowest BCUT2D eigenvalue weighted by Gasteiger charge is -2.26. The van der Waals surface area contributed by atoms with Gasteiger partial charge in [-0.1, -0.05) is 84.9 Å². The van der Waals surface area contributed by atoms with Crippen molar-refractivity contribution >= 4 is 81.3 Å². The summed E-state index contributed by atoms with van der Waals surface area (Å²) in [6.07, 6.45) is 2.21. The van der Waals surface area contributed by atoms with Crippen molar-refractivity contribution in [1.82, 2.24) is 9.13 Å². The number of anilines is 3. The van der Waals surface area contributed by atoms with Crippen molar-refractivity contribution in [3.8, 4) is 11.4 Å². The Kier molecular flexibility index (Phi) is 6.05. The monoisotopic (exact) mass is 631 g/mol. The van der Waals surface area contributed by atoms with Crippen LogP contribution in [-0.4, -0.2) is 9.13 Å². The summed E-state index contributed by atoms with van der Waals surface area (Å²) in [5, 5.41) is 6.33. The van der Waals surface area contributed by atoms with Crippen LogP contribution < -0.4 is 4.90 Å². The van der Waals surface area contributed by atoms with Crippen LogP contribution in [0.25, 0.3) is 64.3 Å². The van der Waals surface area contributed by atoms with E-state index in [0.717, 1.165) is 28.4 Å². The molecule has 7 aromatic carbocycles. The maximum absolute atomic E-state index is 2.42. The van der Waals surface area contributed by atoms with Gasteiger partial charge in [0.15, 0.2) is 0 Å². The smallest absolute Gasteiger partial charge is 0.0788 e. The Morgan fingerprint density at radius 1 is 0.417 bits per heavy atom. The average Bonchev–Trinajstić information content (AvgIpc) is 3.85. The molecule has 0 amide bonds. The van der Waals surface area contributed by atoms with Gasteiger partial charge in [0.05, 0.1) is 16.6 Å². The summed E-state index contributed by atoms with van der Waals surface area (Å²) in [6, 6.07) is 61.4. The highest BCUT2D eigenvalue weighted by Gasteiger charge is 2.19. The highest BCUT2D eigenvalue weighted by Crippen LogP contribution is 2.42. The summed E-state index contributed by atoms with van der Waals surface area (Å²) in [4.78, 5) is 2.36. The van der Waals surface area contributed by atoms with Crippen molar-refractivity contribution in [2.24, 2.45) is 0 Å². The van der Waals surface area contributed by atoms with Gasteiger partial charge in [-0.25, -0.2) is 0 Å². The van der Waals surface area contributed by atoms with Crippen LogP contribution in [0.5, 0.6) is 0 Å². The first-order valence-corrected chi connectivity index (χ1v) is 17.1. The third kappa shape index (κ3) is 4.13. The summed E-state index contributed by atoms with van der Waals surface area (Å²) in [7, 11) is 0. The molecule has 10 aromatic rings. The molecule has 10 rings (SSSR count). The van der Waals surface area contributed by atoms with E-state index in [-0.39, 0.29) is 0 Å². The Morgan fingerprint density at radius 2 is 1.08 bits per heavy atom. The van der Waals surface area contributed by atoms with Gasteiger partial charge in [0, 0.05) is 71.0 Å². The zero-order chi connectivity index (χ0) is 31.6. The molecule has 4 heteroatoms. The van der Waals surface area contributed by atoms with E-state index in [0.29, 0.717) is 0 Å². The number of thiophene rings is 1. The average molecular weight is 632 g/mol. The van der Waals surface area contributed by atoms with E-state index < -0.39 is 0 Å². The van der Waals surface area contributed by atoms with Gasteiger partial charge in [-0.05, 0) is 84.9 Å². The van der Waals surface area contributed by atoms with Crippen molar-refractivity contribution in [3.63, 3.8) is 0 Å². The minimum absolute atomic E-state index is 1.11. The molecule has 0 spiro atoms. The normalized spacial score (nSPS) is 11.8. The molecule has 0 unspecified atom stereocenters. The number of para-hydroxylation sites is 3. The van der Waals surface area contributed by atoms with Gasteiger partial charge in [-0.15, -0.1) is 11.3 Å². The summed E-state index contributed by atoms with van der Waals surface area (Å²) >= 11 is 1.85. The van der Waals surface area contributed by atoms with E-state index in [1.54, 1.807) is 0 Å². The standard InChI is InChI=1S/C44H29N3S/c1-3-11-32(12-4-1)46(35-24-26-42-39(29-35)37-16-8-10-18-41(37)48-42)34-22-20-31(21-23-34)45-28-27-30-19-25-38-36-15-7-9-17-40(36)47(44(38)43(30)45)33-13-5-2-6-14-33/h1-29H. The lowest BCUT2D eigenvalue weighted by molar-refractivity contribution is 1.11. The Morgan fingerprint density at radius 3 is 1.92 bits per heavy atom. The van der Waals surface area contributed by atoms with Crippen LogP contribution in [0.2, 0.25) is 0 Å². The fourth-order valence-corrected chi connectivity index (χ4v) is 8.46. The molecule has 0 atom stereocenters. The molecule has 0 fully saturated rings. The van der Waals surface area contributed by atoms with Crippen LogP contribution in [0.3, 0.4) is 0 Å². The van der Waals surface area contributed by atoms with Crippen LogP contribution in [0.1, 0.15) is 0 Å². The molecule has 0 radical (unpaired) electrons. The van der Waals surface area contributed by atoms with E-state index in [1.165, 1.54) is 52.9 Å². The molecule has 0 aliphatic carbocycles. The van der Waals surface area contributed by atoms with Crippen LogP contribution in [-0.2, 0) is 0 Å². The summed E-state index contributed by atoms with van der Waals surface area (Å²) in [5.41, 5.74) is 9.31. The molecule has 226 valence electrons. The van der Waals surface area contributed by atoms with Crippen molar-refractivity contribution in [1.29, 1.82) is 0 Å². The third-order valence-electron chi connectivity index (χ3n) is 9.52. The predicted octanol–water partition coefficient (Wildman–Crippen LogP) is 12.6. The second-order valence-electron chi connectivity index (χ2n) is 12.2.